The average Bonchev–Trinajstić information content (AvgIpc) is 2.61. The van der Waals surface area contributed by atoms with Crippen molar-refractivity contribution < 1.29 is 9.53 Å². The fourth-order valence-corrected chi connectivity index (χ4v) is 3.20. The first-order valence-electron chi connectivity index (χ1n) is 9.44. The largest absolute Gasteiger partial charge is 0.444 e. The fourth-order valence-electron chi connectivity index (χ4n) is 3.20. The van der Waals surface area contributed by atoms with Gasteiger partial charge in [0.15, 0.2) is 0 Å². The van der Waals surface area contributed by atoms with Gasteiger partial charge in [0.25, 0.3) is 0 Å². The summed E-state index contributed by atoms with van der Waals surface area (Å²) in [4.78, 5) is 20.7. The Morgan fingerprint density at radius 2 is 1.96 bits per heavy atom. The molecule has 1 aromatic heterocycles. The molecule has 1 aliphatic carbocycles. The molecular formula is C19H29N5O2. The second-order valence-electron chi connectivity index (χ2n) is 8.20. The molecule has 1 aromatic rings. The van der Waals surface area contributed by atoms with Gasteiger partial charge >= 0.3 is 6.09 Å². The maximum Gasteiger partial charge on any atom is 0.410 e. The number of anilines is 1. The number of hydrogen-bond acceptors (Lipinski definition) is 6. The van der Waals surface area contributed by atoms with Crippen LogP contribution in [0.4, 0.5) is 10.7 Å². The first kappa shape index (κ1) is 18.6. The van der Waals surface area contributed by atoms with Crippen LogP contribution in [0, 0.1) is 5.92 Å². The van der Waals surface area contributed by atoms with Crippen LogP contribution in [-0.2, 0) is 4.74 Å². The number of carbonyl (C=O) groups excluding carboxylic acids is 1. The standard InChI is InChI=1S/C19H29N5O2/c1-14-5-7-15(8-6-14)16-13-20-22-17(21-16)23-9-11-24(12-10-23)18(25)26-19(2,3)4/h7,13-14H,5-6,8-12H2,1-4H3. The van der Waals surface area contributed by atoms with Crippen molar-refractivity contribution in [1.82, 2.24) is 20.1 Å². The van der Waals surface area contributed by atoms with Crippen LogP contribution in [0.2, 0.25) is 0 Å². The first-order chi connectivity index (χ1) is 12.3. The zero-order valence-corrected chi connectivity index (χ0v) is 16.2. The lowest BCUT2D eigenvalue weighted by Crippen LogP contribution is -2.50. The quantitative estimate of drug-likeness (QED) is 0.808. The van der Waals surface area contributed by atoms with Crippen LogP contribution < -0.4 is 4.90 Å². The molecule has 2 aliphatic rings. The summed E-state index contributed by atoms with van der Waals surface area (Å²) in [6.45, 7) is 10.5. The molecule has 1 amide bonds. The van der Waals surface area contributed by atoms with Crippen LogP contribution >= 0.6 is 0 Å². The predicted octanol–water partition coefficient (Wildman–Crippen LogP) is 3.13. The zero-order chi connectivity index (χ0) is 18.7. The predicted molar refractivity (Wildman–Crippen MR) is 101 cm³/mol. The van der Waals surface area contributed by atoms with E-state index in [4.69, 9.17) is 9.72 Å². The molecule has 2 heterocycles. The number of hydrogen-bond donors (Lipinski definition) is 0. The lowest BCUT2D eigenvalue weighted by molar-refractivity contribution is 0.0240. The van der Waals surface area contributed by atoms with E-state index in [0.717, 1.165) is 24.5 Å². The van der Waals surface area contributed by atoms with E-state index in [1.165, 1.54) is 12.0 Å². The molecule has 7 heteroatoms. The summed E-state index contributed by atoms with van der Waals surface area (Å²) in [5.74, 6) is 1.39. The second-order valence-corrected chi connectivity index (χ2v) is 8.20. The van der Waals surface area contributed by atoms with Gasteiger partial charge in [-0.05, 0) is 51.5 Å². The lowest BCUT2D eigenvalue weighted by atomic mass is 9.90. The SMILES string of the molecule is CC1CC=C(c2cnnc(N3CCN(C(=O)OC(C)(C)C)CC3)n2)CC1. The Kier molecular flexibility index (Phi) is 5.44. The third-order valence-corrected chi connectivity index (χ3v) is 4.76. The van der Waals surface area contributed by atoms with Crippen molar-refractivity contribution in [2.24, 2.45) is 5.92 Å². The van der Waals surface area contributed by atoms with E-state index < -0.39 is 5.60 Å². The molecule has 1 aliphatic heterocycles. The van der Waals surface area contributed by atoms with Gasteiger partial charge in [-0.3, -0.25) is 0 Å². The summed E-state index contributed by atoms with van der Waals surface area (Å²) in [6, 6.07) is 0. The van der Waals surface area contributed by atoms with Crippen LogP contribution in [0.5, 0.6) is 0 Å². The van der Waals surface area contributed by atoms with Crippen LogP contribution in [0.1, 0.15) is 52.7 Å². The Morgan fingerprint density at radius 1 is 1.23 bits per heavy atom. The normalized spacial score (nSPS) is 21.4. The minimum Gasteiger partial charge on any atom is -0.444 e. The molecular weight excluding hydrogens is 330 g/mol. The fraction of sp³-hybridized carbons (Fsp3) is 0.684. The molecule has 0 aromatic carbocycles. The summed E-state index contributed by atoms with van der Waals surface area (Å²) in [5.41, 5.74) is 1.73. The molecule has 0 spiro atoms. The van der Waals surface area contributed by atoms with E-state index in [9.17, 15) is 4.79 Å². The van der Waals surface area contributed by atoms with E-state index in [0.29, 0.717) is 32.1 Å². The van der Waals surface area contributed by atoms with Crippen molar-refractivity contribution in [3.05, 3.63) is 18.0 Å². The molecule has 0 N–H and O–H groups in total. The Morgan fingerprint density at radius 3 is 2.58 bits per heavy atom. The van der Waals surface area contributed by atoms with Crippen molar-refractivity contribution >= 4 is 17.6 Å². The summed E-state index contributed by atoms with van der Waals surface area (Å²) in [6.07, 6.45) is 7.12. The van der Waals surface area contributed by atoms with Gasteiger partial charge in [-0.1, -0.05) is 13.0 Å². The first-order valence-corrected chi connectivity index (χ1v) is 9.44. The average molecular weight is 359 g/mol. The van der Waals surface area contributed by atoms with Crippen molar-refractivity contribution in [3.63, 3.8) is 0 Å². The van der Waals surface area contributed by atoms with E-state index in [2.05, 4.69) is 28.1 Å². The van der Waals surface area contributed by atoms with E-state index in [1.807, 2.05) is 20.8 Å². The minimum absolute atomic E-state index is 0.258. The van der Waals surface area contributed by atoms with E-state index in [-0.39, 0.29) is 6.09 Å². The van der Waals surface area contributed by atoms with Crippen molar-refractivity contribution in [1.29, 1.82) is 0 Å². The topological polar surface area (TPSA) is 71.5 Å². The number of rotatable bonds is 2. The lowest BCUT2D eigenvalue weighted by Gasteiger charge is -2.35. The van der Waals surface area contributed by atoms with Gasteiger partial charge in [0, 0.05) is 26.2 Å². The van der Waals surface area contributed by atoms with Gasteiger partial charge in [0.1, 0.15) is 5.60 Å². The highest BCUT2D eigenvalue weighted by molar-refractivity contribution is 5.68. The van der Waals surface area contributed by atoms with Gasteiger partial charge in [0.2, 0.25) is 5.95 Å². The Balaban J connectivity index is 1.61. The molecule has 0 saturated carbocycles. The number of ether oxygens (including phenoxy) is 1. The maximum absolute atomic E-state index is 12.2. The molecule has 1 unspecified atom stereocenters. The highest BCUT2D eigenvalue weighted by Crippen LogP contribution is 2.29. The van der Waals surface area contributed by atoms with Gasteiger partial charge in [-0.2, -0.15) is 5.10 Å². The number of carbonyl (C=O) groups is 1. The smallest absolute Gasteiger partial charge is 0.410 e. The third kappa shape index (κ3) is 4.71. The van der Waals surface area contributed by atoms with E-state index >= 15 is 0 Å². The van der Waals surface area contributed by atoms with Crippen molar-refractivity contribution in [2.75, 3.05) is 31.1 Å². The van der Waals surface area contributed by atoms with Crippen LogP contribution in [-0.4, -0.2) is 58.0 Å². The molecule has 7 nitrogen and oxygen atoms in total. The maximum atomic E-state index is 12.2. The van der Waals surface area contributed by atoms with Gasteiger partial charge in [0.05, 0.1) is 11.9 Å². The van der Waals surface area contributed by atoms with Crippen LogP contribution in [0.15, 0.2) is 12.3 Å². The third-order valence-electron chi connectivity index (χ3n) is 4.76. The number of amides is 1. The van der Waals surface area contributed by atoms with Crippen LogP contribution in [0.25, 0.3) is 5.57 Å². The van der Waals surface area contributed by atoms with Crippen molar-refractivity contribution in [2.45, 2.75) is 52.6 Å². The van der Waals surface area contributed by atoms with E-state index in [1.54, 1.807) is 11.1 Å². The number of nitrogens with zero attached hydrogens (tertiary/aromatic N) is 5. The minimum atomic E-state index is -0.471. The summed E-state index contributed by atoms with van der Waals surface area (Å²) in [7, 11) is 0. The molecule has 1 saturated heterocycles. The number of aromatic nitrogens is 3. The van der Waals surface area contributed by atoms with Crippen LogP contribution in [0.3, 0.4) is 0 Å². The molecule has 0 radical (unpaired) electrons. The van der Waals surface area contributed by atoms with Crippen molar-refractivity contribution in [3.8, 4) is 0 Å². The monoisotopic (exact) mass is 359 g/mol. The number of allylic oxidation sites excluding steroid dienone is 2. The van der Waals surface area contributed by atoms with Gasteiger partial charge in [-0.25, -0.2) is 9.78 Å². The highest BCUT2D eigenvalue weighted by Gasteiger charge is 2.27. The second kappa shape index (κ2) is 7.60. The van der Waals surface area contributed by atoms with Gasteiger partial charge in [-0.15, -0.1) is 5.10 Å². The zero-order valence-electron chi connectivity index (χ0n) is 16.2. The molecule has 1 fully saturated rings. The Bertz CT molecular complexity index is 675. The Labute approximate surface area is 155 Å². The van der Waals surface area contributed by atoms with Gasteiger partial charge < -0.3 is 14.5 Å². The summed E-state index contributed by atoms with van der Waals surface area (Å²) < 4.78 is 5.44. The number of piperazine rings is 1. The summed E-state index contributed by atoms with van der Waals surface area (Å²) in [5, 5.41) is 8.36. The summed E-state index contributed by atoms with van der Waals surface area (Å²) >= 11 is 0. The molecule has 142 valence electrons. The molecule has 26 heavy (non-hydrogen) atoms. The highest BCUT2D eigenvalue weighted by atomic mass is 16.6. The Hall–Kier alpha value is -2.18. The molecule has 3 rings (SSSR count). The molecule has 0 bridgehead atoms. The molecule has 1 atom stereocenters.